The largest absolute Gasteiger partial charge is 0.393 e. The molecule has 1 saturated heterocycles. The van der Waals surface area contributed by atoms with E-state index in [4.69, 9.17) is 0 Å². The molecule has 12 atom stereocenters. The van der Waals surface area contributed by atoms with E-state index in [9.17, 15) is 15.3 Å². The van der Waals surface area contributed by atoms with Gasteiger partial charge in [0.15, 0.2) is 0 Å². The van der Waals surface area contributed by atoms with Gasteiger partial charge in [-0.25, -0.2) is 0 Å². The summed E-state index contributed by atoms with van der Waals surface area (Å²) in [4.78, 5) is 0. The molecule has 6 fully saturated rings. The van der Waals surface area contributed by atoms with Gasteiger partial charge >= 0.3 is 0 Å². The second-order valence-electron chi connectivity index (χ2n) is 16.6. The van der Waals surface area contributed by atoms with Crippen molar-refractivity contribution in [3.63, 3.8) is 0 Å². The minimum Gasteiger partial charge on any atom is -0.393 e. The van der Waals surface area contributed by atoms with Crippen LogP contribution < -0.4 is 10.6 Å². The number of hydrogen-bond donors (Lipinski definition) is 5. The molecule has 0 radical (unpaired) electrons. The van der Waals surface area contributed by atoms with E-state index >= 15 is 0 Å². The summed E-state index contributed by atoms with van der Waals surface area (Å²) in [5, 5.41) is 43.1. The maximum absolute atomic E-state index is 12.4. The Labute approximate surface area is 254 Å². The number of nitrogens with one attached hydrogen (secondary N) is 2. The number of piperidine rings is 1. The fourth-order valence-corrected chi connectivity index (χ4v) is 12.7. The summed E-state index contributed by atoms with van der Waals surface area (Å²) >= 11 is 0. The lowest BCUT2D eigenvalue weighted by Crippen LogP contribution is -2.76. The van der Waals surface area contributed by atoms with Gasteiger partial charge in [0.05, 0.1) is 17.8 Å². The molecule has 6 aliphatic rings. The average Bonchev–Trinajstić information content (AvgIpc) is 3.34. The molecule has 5 aliphatic carbocycles. The van der Waals surface area contributed by atoms with E-state index in [-0.39, 0.29) is 34.4 Å². The molecule has 2 spiro atoms. The molecule has 5 heteroatoms. The summed E-state index contributed by atoms with van der Waals surface area (Å²) in [6.45, 7) is 3.39. The van der Waals surface area contributed by atoms with Crippen LogP contribution in [0.1, 0.15) is 109 Å². The van der Waals surface area contributed by atoms with Gasteiger partial charge in [0.1, 0.15) is 0 Å². The molecule has 1 heterocycles. The van der Waals surface area contributed by atoms with Crippen LogP contribution in [-0.2, 0) is 6.42 Å². The van der Waals surface area contributed by atoms with Crippen molar-refractivity contribution in [2.45, 2.75) is 140 Å². The Kier molecular flexibility index (Phi) is 7.87. The molecular weight excluding hydrogens is 520 g/mol. The van der Waals surface area contributed by atoms with Crippen LogP contribution in [0.4, 0.5) is 0 Å². The van der Waals surface area contributed by atoms with E-state index in [0.29, 0.717) is 29.8 Å². The van der Waals surface area contributed by atoms with Gasteiger partial charge < -0.3 is 26.0 Å². The van der Waals surface area contributed by atoms with E-state index in [1.807, 2.05) is 0 Å². The molecule has 5 N–H and O–H groups in total. The molecule has 5 nitrogen and oxygen atoms in total. The normalized spacial score (nSPS) is 48.2. The van der Waals surface area contributed by atoms with Crippen LogP contribution in [0.25, 0.3) is 0 Å². The average molecular weight is 579 g/mol. The zero-order valence-electron chi connectivity index (χ0n) is 26.4. The number of aliphatic hydroxyl groups excluding tert-OH is 2. The Morgan fingerprint density at radius 2 is 1.88 bits per heavy atom. The van der Waals surface area contributed by atoms with Crippen molar-refractivity contribution < 1.29 is 15.3 Å². The molecule has 5 saturated carbocycles. The fraction of sp³-hybridized carbons (Fsp3) is 0.838. The van der Waals surface area contributed by atoms with Crippen molar-refractivity contribution >= 4 is 0 Å². The lowest BCUT2D eigenvalue weighted by Gasteiger charge is -2.75. The van der Waals surface area contributed by atoms with Gasteiger partial charge in [-0.2, -0.15) is 0 Å². The lowest BCUT2D eigenvalue weighted by atomic mass is 9.31. The van der Waals surface area contributed by atoms with E-state index in [1.165, 1.54) is 37.7 Å². The molecular formula is C37H58N2O3. The number of likely N-dealkylation sites (N-methyl/N-ethyl adjacent to an activating group) is 1. The first-order chi connectivity index (χ1) is 20.2. The maximum atomic E-state index is 12.4. The minimum atomic E-state index is -0.592. The Morgan fingerprint density at radius 1 is 1.05 bits per heavy atom. The van der Waals surface area contributed by atoms with Crippen molar-refractivity contribution in [2.24, 2.45) is 39.9 Å². The second-order valence-corrected chi connectivity index (χ2v) is 16.6. The first-order valence-corrected chi connectivity index (χ1v) is 17.7. The summed E-state index contributed by atoms with van der Waals surface area (Å²) in [7, 11) is 2.07. The smallest absolute Gasteiger partial charge is 0.0687 e. The molecule has 0 amide bonds. The van der Waals surface area contributed by atoms with Crippen molar-refractivity contribution in [2.75, 3.05) is 13.6 Å². The van der Waals surface area contributed by atoms with Crippen LogP contribution in [0.2, 0.25) is 0 Å². The zero-order valence-corrected chi connectivity index (χ0v) is 26.4. The third-order valence-electron chi connectivity index (χ3n) is 14.2. The van der Waals surface area contributed by atoms with Crippen LogP contribution in [0.15, 0.2) is 30.3 Å². The third-order valence-corrected chi connectivity index (χ3v) is 14.2. The minimum absolute atomic E-state index is 0.0721. The Balaban J connectivity index is 1.10. The fourth-order valence-electron chi connectivity index (χ4n) is 12.7. The summed E-state index contributed by atoms with van der Waals surface area (Å²) in [5.41, 5.74) is 0.839. The van der Waals surface area contributed by atoms with Crippen molar-refractivity contribution in [1.82, 2.24) is 10.6 Å². The molecule has 0 unspecified atom stereocenters. The topological polar surface area (TPSA) is 84.8 Å². The zero-order chi connectivity index (χ0) is 29.2. The molecule has 1 aromatic carbocycles. The summed E-state index contributed by atoms with van der Waals surface area (Å²) in [5.74, 6) is 2.14. The van der Waals surface area contributed by atoms with Crippen LogP contribution in [0.3, 0.4) is 0 Å². The van der Waals surface area contributed by atoms with Gasteiger partial charge in [-0.15, -0.1) is 0 Å². The van der Waals surface area contributed by atoms with Gasteiger partial charge in [0.25, 0.3) is 0 Å². The van der Waals surface area contributed by atoms with Gasteiger partial charge in [0, 0.05) is 24.0 Å². The molecule has 1 aliphatic heterocycles. The lowest BCUT2D eigenvalue weighted by molar-refractivity contribution is -0.305. The van der Waals surface area contributed by atoms with Gasteiger partial charge in [0.2, 0.25) is 0 Å². The van der Waals surface area contributed by atoms with Crippen molar-refractivity contribution in [1.29, 1.82) is 0 Å². The molecule has 1 aromatic rings. The molecule has 2 bridgehead atoms. The second kappa shape index (κ2) is 11.1. The van der Waals surface area contributed by atoms with Crippen molar-refractivity contribution in [3.8, 4) is 0 Å². The summed E-state index contributed by atoms with van der Waals surface area (Å²) < 4.78 is 0. The highest BCUT2D eigenvalue weighted by molar-refractivity contribution is 5.29. The van der Waals surface area contributed by atoms with Crippen LogP contribution >= 0.6 is 0 Å². The number of hydrogen-bond acceptors (Lipinski definition) is 5. The molecule has 7 rings (SSSR count). The number of aryl methyl sites for hydroxylation is 1. The van der Waals surface area contributed by atoms with Crippen LogP contribution in [0, 0.1) is 39.9 Å². The van der Waals surface area contributed by atoms with E-state index in [0.717, 1.165) is 77.2 Å². The summed E-state index contributed by atoms with van der Waals surface area (Å²) in [6, 6.07) is 11.6. The van der Waals surface area contributed by atoms with E-state index < -0.39 is 5.60 Å². The highest BCUT2D eigenvalue weighted by Crippen LogP contribution is 2.82. The number of rotatable bonds is 9. The predicted octanol–water partition coefficient (Wildman–Crippen LogP) is 5.61. The van der Waals surface area contributed by atoms with Gasteiger partial charge in [-0.05, 0) is 131 Å². The Morgan fingerprint density at radius 3 is 2.69 bits per heavy atom. The molecule has 234 valence electrons. The van der Waals surface area contributed by atoms with Crippen molar-refractivity contribution in [3.05, 3.63) is 35.9 Å². The van der Waals surface area contributed by atoms with Gasteiger partial charge in [-0.3, -0.25) is 0 Å². The predicted molar refractivity (Wildman–Crippen MR) is 168 cm³/mol. The van der Waals surface area contributed by atoms with E-state index in [2.05, 4.69) is 54.9 Å². The SMILES string of the molecule is CNC[C@H]1CC[C@H]2C[C@@]34[C@@H](O)C[C@]5(C)CCC[C@@](O)(C5)[C@@H]3C[C@@]43C[C@@H](CCC[C@H](O)CCc4ccccc4)C[C@H]3[C@@H]2N1. The number of fused-ring (bicyclic) bond motifs is 5. The maximum Gasteiger partial charge on any atom is 0.0687 e. The Hall–Kier alpha value is -0.980. The first-order valence-electron chi connectivity index (χ1n) is 17.7. The highest BCUT2D eigenvalue weighted by atomic mass is 16.3. The number of aliphatic hydroxyl groups is 3. The first kappa shape index (κ1) is 29.7. The standard InChI is InChI=1S/C37H58N2O3/c1-34-16-7-17-36(42,24-34)31-21-35-19-26(10-6-11-29(40)15-12-25-8-4-3-5-9-25)18-30(35)33-27(13-14-28(39-33)23-38-2)20-37(31,35)32(41)22-34/h3-5,8-9,26-33,38-42H,6-7,10-24H2,1-2H3/t26-,27-,28+,29-,30-,31-,32-,33+,34-,35+,36+,37-/m0/s1. The highest BCUT2D eigenvalue weighted by Gasteiger charge is 2.80. The third kappa shape index (κ3) is 4.75. The van der Waals surface area contributed by atoms with Crippen LogP contribution in [-0.4, -0.2) is 58.8 Å². The number of benzene rings is 1. The molecule has 0 aromatic heterocycles. The van der Waals surface area contributed by atoms with E-state index in [1.54, 1.807) is 0 Å². The quantitative estimate of drug-likeness (QED) is 0.263. The Bertz CT molecular complexity index is 1100. The van der Waals surface area contributed by atoms with Gasteiger partial charge in [-0.1, -0.05) is 56.5 Å². The molecule has 42 heavy (non-hydrogen) atoms. The van der Waals surface area contributed by atoms with Crippen LogP contribution in [0.5, 0.6) is 0 Å². The summed E-state index contributed by atoms with van der Waals surface area (Å²) in [6.07, 6.45) is 16.6. The monoisotopic (exact) mass is 578 g/mol.